The van der Waals surface area contributed by atoms with E-state index in [1.807, 2.05) is 0 Å². The van der Waals surface area contributed by atoms with Gasteiger partial charge in [-0.05, 0) is 12.5 Å². The van der Waals surface area contributed by atoms with Crippen molar-refractivity contribution in [3.8, 4) is 0 Å². The summed E-state index contributed by atoms with van der Waals surface area (Å²) in [4.78, 5) is 32.8. The van der Waals surface area contributed by atoms with Gasteiger partial charge in [-0.2, -0.15) is 0 Å². The molecule has 106 valence electrons. The number of carboxylic acids is 1. The summed E-state index contributed by atoms with van der Waals surface area (Å²) in [6.45, 7) is 3.39. The Morgan fingerprint density at radius 3 is 2.70 bits per heavy atom. The zero-order valence-electron chi connectivity index (χ0n) is 10.2. The standard InChI is InChI=1S/C12H11ClN2O5/c1-2-4-8(12(17)18)14-11(16)7-5-3-6-9(10(7)13)15(19)20/h2-3,5-6,8H,1,4H2,(H,14,16)(H,17,18). The van der Waals surface area contributed by atoms with Crippen LogP contribution in [0.15, 0.2) is 30.9 Å². The first-order valence-corrected chi connectivity index (χ1v) is 5.83. The Labute approximate surface area is 119 Å². The summed E-state index contributed by atoms with van der Waals surface area (Å²) < 4.78 is 0. The maximum absolute atomic E-state index is 11.9. The van der Waals surface area contributed by atoms with E-state index in [9.17, 15) is 19.7 Å². The highest BCUT2D eigenvalue weighted by Crippen LogP contribution is 2.27. The van der Waals surface area contributed by atoms with Crippen molar-refractivity contribution in [2.24, 2.45) is 0 Å². The van der Waals surface area contributed by atoms with E-state index in [0.29, 0.717) is 0 Å². The van der Waals surface area contributed by atoms with Crippen LogP contribution in [0.25, 0.3) is 0 Å². The van der Waals surface area contributed by atoms with Crippen molar-refractivity contribution in [2.75, 3.05) is 0 Å². The Balaban J connectivity index is 3.03. The van der Waals surface area contributed by atoms with Crippen LogP contribution in [0.2, 0.25) is 5.02 Å². The van der Waals surface area contributed by atoms with Gasteiger partial charge in [-0.3, -0.25) is 14.9 Å². The quantitative estimate of drug-likeness (QED) is 0.474. The first-order chi connectivity index (χ1) is 9.38. The van der Waals surface area contributed by atoms with Crippen LogP contribution in [0.5, 0.6) is 0 Å². The molecule has 0 saturated heterocycles. The number of amides is 1. The van der Waals surface area contributed by atoms with Crippen LogP contribution in [0.1, 0.15) is 16.8 Å². The van der Waals surface area contributed by atoms with Crippen LogP contribution >= 0.6 is 11.6 Å². The molecule has 20 heavy (non-hydrogen) atoms. The van der Waals surface area contributed by atoms with E-state index in [4.69, 9.17) is 16.7 Å². The van der Waals surface area contributed by atoms with Crippen molar-refractivity contribution in [2.45, 2.75) is 12.5 Å². The molecular weight excluding hydrogens is 288 g/mol. The van der Waals surface area contributed by atoms with Crippen LogP contribution in [-0.4, -0.2) is 27.9 Å². The van der Waals surface area contributed by atoms with Gasteiger partial charge < -0.3 is 10.4 Å². The summed E-state index contributed by atoms with van der Waals surface area (Å²) in [5.41, 5.74) is -0.578. The molecule has 1 aromatic carbocycles. The summed E-state index contributed by atoms with van der Waals surface area (Å²) in [5.74, 6) is -2.03. The molecule has 0 spiro atoms. The summed E-state index contributed by atoms with van der Waals surface area (Å²) >= 11 is 5.77. The number of nitrogens with zero attached hydrogens (tertiary/aromatic N) is 1. The Morgan fingerprint density at radius 2 is 2.20 bits per heavy atom. The van der Waals surface area contributed by atoms with Gasteiger partial charge >= 0.3 is 5.97 Å². The number of nitrogens with one attached hydrogen (secondary N) is 1. The zero-order valence-corrected chi connectivity index (χ0v) is 11.0. The molecule has 0 radical (unpaired) electrons. The number of carbonyl (C=O) groups excluding carboxylic acids is 1. The van der Waals surface area contributed by atoms with Gasteiger partial charge in [0.05, 0.1) is 10.5 Å². The van der Waals surface area contributed by atoms with Crippen LogP contribution < -0.4 is 5.32 Å². The molecule has 1 unspecified atom stereocenters. The Bertz CT molecular complexity index is 573. The van der Waals surface area contributed by atoms with Gasteiger partial charge in [-0.15, -0.1) is 6.58 Å². The fourth-order valence-electron chi connectivity index (χ4n) is 1.46. The molecule has 0 heterocycles. The van der Waals surface area contributed by atoms with Crippen LogP contribution in [-0.2, 0) is 4.79 Å². The number of rotatable bonds is 6. The molecule has 1 aromatic rings. The molecule has 1 atom stereocenters. The van der Waals surface area contributed by atoms with E-state index in [0.717, 1.165) is 6.07 Å². The first kappa shape index (κ1) is 15.6. The van der Waals surface area contributed by atoms with Crippen molar-refractivity contribution < 1.29 is 19.6 Å². The number of hydrogen-bond acceptors (Lipinski definition) is 4. The highest BCUT2D eigenvalue weighted by Gasteiger charge is 2.24. The largest absolute Gasteiger partial charge is 0.480 e. The number of nitro groups is 1. The van der Waals surface area contributed by atoms with Gasteiger partial charge in [0.1, 0.15) is 11.1 Å². The third-order valence-electron chi connectivity index (χ3n) is 2.43. The molecule has 1 amide bonds. The van der Waals surface area contributed by atoms with Gasteiger partial charge in [-0.25, -0.2) is 4.79 Å². The fourth-order valence-corrected chi connectivity index (χ4v) is 1.74. The van der Waals surface area contributed by atoms with E-state index in [-0.39, 0.29) is 17.0 Å². The molecule has 8 heteroatoms. The third-order valence-corrected chi connectivity index (χ3v) is 2.82. The molecule has 2 N–H and O–H groups in total. The maximum Gasteiger partial charge on any atom is 0.326 e. The summed E-state index contributed by atoms with van der Waals surface area (Å²) in [6, 6.07) is 2.55. The van der Waals surface area contributed by atoms with Gasteiger partial charge in [0.2, 0.25) is 0 Å². The van der Waals surface area contributed by atoms with E-state index in [1.54, 1.807) is 0 Å². The number of carboxylic acid groups (broad SMARTS) is 1. The minimum atomic E-state index is -1.24. The zero-order chi connectivity index (χ0) is 15.3. The second kappa shape index (κ2) is 6.67. The minimum Gasteiger partial charge on any atom is -0.480 e. The lowest BCUT2D eigenvalue weighted by molar-refractivity contribution is -0.384. The van der Waals surface area contributed by atoms with Gasteiger partial charge in [0, 0.05) is 6.07 Å². The second-order valence-corrected chi connectivity index (χ2v) is 4.16. The Hall–Kier alpha value is -2.41. The fraction of sp³-hybridized carbons (Fsp3) is 0.167. The van der Waals surface area contributed by atoms with Crippen molar-refractivity contribution in [3.63, 3.8) is 0 Å². The molecule has 0 aliphatic heterocycles. The lowest BCUT2D eigenvalue weighted by Crippen LogP contribution is -2.40. The molecule has 0 aromatic heterocycles. The topological polar surface area (TPSA) is 110 Å². The maximum atomic E-state index is 11.9. The average molecular weight is 299 g/mol. The number of aliphatic carboxylic acids is 1. The second-order valence-electron chi connectivity index (χ2n) is 3.78. The third kappa shape index (κ3) is 3.55. The van der Waals surface area contributed by atoms with E-state index in [1.165, 1.54) is 18.2 Å². The lowest BCUT2D eigenvalue weighted by Gasteiger charge is -2.13. The van der Waals surface area contributed by atoms with Crippen LogP contribution in [0.4, 0.5) is 5.69 Å². The Morgan fingerprint density at radius 1 is 1.55 bits per heavy atom. The summed E-state index contributed by atoms with van der Waals surface area (Å²) in [6.07, 6.45) is 1.36. The molecule has 0 saturated carbocycles. The molecule has 0 fully saturated rings. The van der Waals surface area contributed by atoms with Crippen molar-refractivity contribution in [1.82, 2.24) is 5.32 Å². The lowest BCUT2D eigenvalue weighted by atomic mass is 10.1. The van der Waals surface area contributed by atoms with Crippen molar-refractivity contribution in [3.05, 3.63) is 51.6 Å². The summed E-state index contributed by atoms with van der Waals surface area (Å²) in [5, 5.41) is 21.5. The summed E-state index contributed by atoms with van der Waals surface area (Å²) in [7, 11) is 0. The van der Waals surface area contributed by atoms with Gasteiger partial charge in [-0.1, -0.05) is 23.7 Å². The molecule has 0 aliphatic rings. The molecule has 1 rings (SSSR count). The highest BCUT2D eigenvalue weighted by molar-refractivity contribution is 6.35. The number of hydrogen-bond donors (Lipinski definition) is 2. The van der Waals surface area contributed by atoms with E-state index >= 15 is 0 Å². The van der Waals surface area contributed by atoms with E-state index < -0.39 is 28.5 Å². The van der Waals surface area contributed by atoms with Crippen molar-refractivity contribution in [1.29, 1.82) is 0 Å². The smallest absolute Gasteiger partial charge is 0.326 e. The monoisotopic (exact) mass is 298 g/mol. The van der Waals surface area contributed by atoms with E-state index in [2.05, 4.69) is 11.9 Å². The normalized spacial score (nSPS) is 11.4. The SMILES string of the molecule is C=CCC(NC(=O)c1cccc([N+](=O)[O-])c1Cl)C(=O)O. The van der Waals surface area contributed by atoms with Crippen LogP contribution in [0, 0.1) is 10.1 Å². The van der Waals surface area contributed by atoms with Crippen LogP contribution in [0.3, 0.4) is 0 Å². The number of nitro benzene ring substituents is 1. The van der Waals surface area contributed by atoms with Gasteiger partial charge in [0.25, 0.3) is 11.6 Å². The minimum absolute atomic E-state index is 0.0214. The molecule has 0 aliphatic carbocycles. The number of carbonyl (C=O) groups is 2. The molecular formula is C12H11ClN2O5. The number of benzene rings is 1. The predicted octanol–water partition coefficient (Wildman–Crippen LogP) is 2.01. The number of halogens is 1. The molecule has 0 bridgehead atoms. The van der Waals surface area contributed by atoms with Crippen molar-refractivity contribution >= 4 is 29.2 Å². The average Bonchev–Trinajstić information content (AvgIpc) is 2.37. The highest BCUT2D eigenvalue weighted by atomic mass is 35.5. The molecule has 7 nitrogen and oxygen atoms in total. The first-order valence-electron chi connectivity index (χ1n) is 5.46. The predicted molar refractivity (Wildman–Crippen MR) is 71.8 cm³/mol. The Kier molecular flexibility index (Phi) is 5.22. The van der Waals surface area contributed by atoms with Gasteiger partial charge in [0.15, 0.2) is 0 Å².